The number of rotatable bonds is 6. The van der Waals surface area contributed by atoms with Gasteiger partial charge in [0.15, 0.2) is 0 Å². The molecule has 0 saturated heterocycles. The summed E-state index contributed by atoms with van der Waals surface area (Å²) in [6, 6.07) is 14.8. The molecule has 0 spiro atoms. The summed E-state index contributed by atoms with van der Waals surface area (Å²) in [6.07, 6.45) is 0. The number of fused-ring (bicyclic) bond motifs is 1. The lowest BCUT2D eigenvalue weighted by atomic mass is 10.1. The maximum absolute atomic E-state index is 8.53. The molecule has 0 aliphatic heterocycles. The molecule has 1 N–H and O–H groups in total. The zero-order valence-corrected chi connectivity index (χ0v) is 9.56. The van der Waals surface area contributed by atoms with E-state index in [9.17, 15) is 0 Å². The second-order valence-corrected chi connectivity index (χ2v) is 3.62. The monoisotopic (exact) mass is 231 g/mol. The first-order chi connectivity index (χ1) is 8.40. The number of hydrogen-bond donors (Lipinski definition) is 1. The van der Waals surface area contributed by atoms with Crippen molar-refractivity contribution in [2.45, 2.75) is 0 Å². The second-order valence-electron chi connectivity index (χ2n) is 3.62. The topological polar surface area (TPSA) is 38.7 Å². The lowest BCUT2D eigenvalue weighted by molar-refractivity contribution is 0.0705. The molecule has 0 heterocycles. The minimum Gasteiger partial charge on any atom is -0.491 e. The number of aliphatic hydroxyl groups is 1. The van der Waals surface area contributed by atoms with Crippen molar-refractivity contribution >= 4 is 10.8 Å². The maximum Gasteiger partial charge on any atom is 0.120 e. The Kier molecular flexibility index (Phi) is 4.36. The van der Waals surface area contributed by atoms with Crippen LogP contribution in [0, 0.1) is 6.07 Å². The Balaban J connectivity index is 1.90. The van der Waals surface area contributed by atoms with Crippen LogP contribution in [0.5, 0.6) is 5.75 Å². The molecule has 2 aromatic carbocycles. The molecule has 0 atom stereocenters. The molecule has 2 rings (SSSR count). The van der Waals surface area contributed by atoms with Crippen molar-refractivity contribution < 1.29 is 14.6 Å². The van der Waals surface area contributed by atoms with Gasteiger partial charge in [0.2, 0.25) is 0 Å². The fourth-order valence-electron chi connectivity index (χ4n) is 1.58. The third-order valence-electron chi connectivity index (χ3n) is 2.39. The van der Waals surface area contributed by atoms with E-state index in [0.717, 1.165) is 11.1 Å². The fraction of sp³-hybridized carbons (Fsp3) is 0.286. The van der Waals surface area contributed by atoms with E-state index in [1.165, 1.54) is 5.39 Å². The average Bonchev–Trinajstić information content (AvgIpc) is 2.38. The lowest BCUT2D eigenvalue weighted by Gasteiger charge is -2.07. The highest BCUT2D eigenvalue weighted by atomic mass is 16.5. The molecule has 3 heteroatoms. The molecule has 3 nitrogen and oxygen atoms in total. The molecular weight excluding hydrogens is 216 g/mol. The minimum atomic E-state index is 0.0474. The zero-order chi connectivity index (χ0) is 11.9. The van der Waals surface area contributed by atoms with Crippen LogP contribution in [0.1, 0.15) is 0 Å². The van der Waals surface area contributed by atoms with Crippen molar-refractivity contribution in [1.82, 2.24) is 0 Å². The van der Waals surface area contributed by atoms with Crippen LogP contribution in [0.25, 0.3) is 10.8 Å². The summed E-state index contributed by atoms with van der Waals surface area (Å²) in [4.78, 5) is 0. The Hall–Kier alpha value is -1.58. The first kappa shape index (κ1) is 11.9. The quantitative estimate of drug-likeness (QED) is 0.773. The van der Waals surface area contributed by atoms with Gasteiger partial charge < -0.3 is 14.6 Å². The van der Waals surface area contributed by atoms with Crippen LogP contribution in [-0.4, -0.2) is 31.5 Å². The number of hydrogen-bond acceptors (Lipinski definition) is 3. The van der Waals surface area contributed by atoms with Crippen LogP contribution in [0.3, 0.4) is 0 Å². The van der Waals surface area contributed by atoms with E-state index in [0.29, 0.717) is 19.8 Å². The molecule has 0 bridgehead atoms. The molecule has 0 saturated carbocycles. The molecule has 89 valence electrons. The zero-order valence-electron chi connectivity index (χ0n) is 9.56. The first-order valence-electron chi connectivity index (χ1n) is 5.61. The van der Waals surface area contributed by atoms with E-state index >= 15 is 0 Å². The van der Waals surface area contributed by atoms with E-state index in [1.54, 1.807) is 0 Å². The van der Waals surface area contributed by atoms with Gasteiger partial charge in [-0.2, -0.15) is 0 Å². The fourth-order valence-corrected chi connectivity index (χ4v) is 1.58. The Morgan fingerprint density at radius 1 is 1.06 bits per heavy atom. The van der Waals surface area contributed by atoms with Gasteiger partial charge in [-0.05, 0) is 35.0 Å². The summed E-state index contributed by atoms with van der Waals surface area (Å²) in [5.41, 5.74) is 0. The predicted molar refractivity (Wildman–Crippen MR) is 66.2 cm³/mol. The third-order valence-corrected chi connectivity index (χ3v) is 2.39. The molecule has 0 aromatic heterocycles. The normalized spacial score (nSPS) is 10.6. The SMILES string of the molecule is OCCOCCOc1ccc2cc[c]cc2c1. The van der Waals surface area contributed by atoms with Gasteiger partial charge in [-0.3, -0.25) is 0 Å². The summed E-state index contributed by atoms with van der Waals surface area (Å²) in [7, 11) is 0. The van der Waals surface area contributed by atoms with Gasteiger partial charge in [-0.1, -0.05) is 18.2 Å². The van der Waals surface area contributed by atoms with Crippen LogP contribution in [-0.2, 0) is 4.74 Å². The highest BCUT2D eigenvalue weighted by Gasteiger charge is 1.96. The Bertz CT molecular complexity index is 468. The van der Waals surface area contributed by atoms with Gasteiger partial charge in [-0.25, -0.2) is 0 Å². The highest BCUT2D eigenvalue weighted by Crippen LogP contribution is 2.20. The highest BCUT2D eigenvalue weighted by molar-refractivity contribution is 5.83. The number of ether oxygens (including phenoxy) is 2. The van der Waals surface area contributed by atoms with Gasteiger partial charge in [0.05, 0.1) is 19.8 Å². The Labute approximate surface area is 101 Å². The van der Waals surface area contributed by atoms with E-state index in [-0.39, 0.29) is 6.61 Å². The summed E-state index contributed by atoms with van der Waals surface area (Å²) in [5.74, 6) is 0.824. The largest absolute Gasteiger partial charge is 0.491 e. The Morgan fingerprint density at radius 2 is 2.00 bits per heavy atom. The van der Waals surface area contributed by atoms with Gasteiger partial charge in [0.25, 0.3) is 0 Å². The van der Waals surface area contributed by atoms with Gasteiger partial charge >= 0.3 is 0 Å². The van der Waals surface area contributed by atoms with E-state index in [4.69, 9.17) is 14.6 Å². The summed E-state index contributed by atoms with van der Waals surface area (Å²) in [6.45, 7) is 1.38. The Morgan fingerprint density at radius 3 is 2.88 bits per heavy atom. The molecule has 0 fully saturated rings. The molecule has 1 radical (unpaired) electrons. The lowest BCUT2D eigenvalue weighted by Crippen LogP contribution is -2.08. The van der Waals surface area contributed by atoms with Crippen molar-refractivity contribution in [3.63, 3.8) is 0 Å². The molecule has 2 aromatic rings. The molecule has 0 aliphatic rings. The molecule has 0 amide bonds. The molecule has 0 unspecified atom stereocenters. The van der Waals surface area contributed by atoms with Gasteiger partial charge in [-0.15, -0.1) is 0 Å². The first-order valence-corrected chi connectivity index (χ1v) is 5.61. The standard InChI is InChI=1S/C14H15O3/c15-7-8-16-9-10-17-14-6-5-12-3-1-2-4-13(12)11-14/h1,3-6,11,15H,7-10H2. The van der Waals surface area contributed by atoms with E-state index in [1.807, 2.05) is 36.4 Å². The minimum absolute atomic E-state index is 0.0474. The van der Waals surface area contributed by atoms with Crippen molar-refractivity contribution in [1.29, 1.82) is 0 Å². The maximum atomic E-state index is 8.53. The molecular formula is C14H15O3. The molecule has 0 aliphatic carbocycles. The van der Waals surface area contributed by atoms with E-state index < -0.39 is 0 Å². The molecule has 17 heavy (non-hydrogen) atoms. The van der Waals surface area contributed by atoms with Crippen molar-refractivity contribution in [3.05, 3.63) is 42.5 Å². The summed E-state index contributed by atoms with van der Waals surface area (Å²) >= 11 is 0. The van der Waals surface area contributed by atoms with Crippen LogP contribution in [0.15, 0.2) is 36.4 Å². The number of aliphatic hydroxyl groups excluding tert-OH is 1. The third kappa shape index (κ3) is 3.44. The van der Waals surface area contributed by atoms with E-state index in [2.05, 4.69) is 6.07 Å². The van der Waals surface area contributed by atoms with Crippen molar-refractivity contribution in [3.8, 4) is 5.75 Å². The summed E-state index contributed by atoms with van der Waals surface area (Å²) < 4.78 is 10.7. The second kappa shape index (κ2) is 6.23. The van der Waals surface area contributed by atoms with Crippen molar-refractivity contribution in [2.75, 3.05) is 26.4 Å². The van der Waals surface area contributed by atoms with Crippen LogP contribution < -0.4 is 4.74 Å². The van der Waals surface area contributed by atoms with Gasteiger partial charge in [0.1, 0.15) is 12.4 Å². The van der Waals surface area contributed by atoms with Crippen molar-refractivity contribution in [2.24, 2.45) is 0 Å². The summed E-state index contributed by atoms with van der Waals surface area (Å²) in [5, 5.41) is 10.8. The average molecular weight is 231 g/mol. The van der Waals surface area contributed by atoms with Crippen LogP contribution >= 0.6 is 0 Å². The number of benzene rings is 2. The van der Waals surface area contributed by atoms with Crippen LogP contribution in [0.4, 0.5) is 0 Å². The smallest absolute Gasteiger partial charge is 0.120 e. The predicted octanol–water partition coefficient (Wildman–Crippen LogP) is 2.03. The van der Waals surface area contributed by atoms with Crippen LogP contribution in [0.2, 0.25) is 0 Å². The van der Waals surface area contributed by atoms with Gasteiger partial charge in [0, 0.05) is 0 Å².